The van der Waals surface area contributed by atoms with Crippen LogP contribution in [0.5, 0.6) is 5.75 Å². The Morgan fingerprint density at radius 2 is 2.00 bits per heavy atom. The zero-order valence-electron chi connectivity index (χ0n) is 10.7. The lowest BCUT2D eigenvalue weighted by Crippen LogP contribution is -2.35. The van der Waals surface area contributed by atoms with Crippen molar-refractivity contribution >= 4 is 0 Å². The molecule has 90 valence electrons. The average Bonchev–Trinajstić information content (AvgIpc) is 2.29. The van der Waals surface area contributed by atoms with Crippen molar-refractivity contribution < 1.29 is 4.74 Å². The molecule has 0 spiro atoms. The van der Waals surface area contributed by atoms with Gasteiger partial charge in [-0.3, -0.25) is 0 Å². The van der Waals surface area contributed by atoms with Gasteiger partial charge in [0, 0.05) is 24.7 Å². The predicted octanol–water partition coefficient (Wildman–Crippen LogP) is 1.73. The number of hydrogen-bond acceptors (Lipinski definition) is 3. The lowest BCUT2D eigenvalue weighted by Gasteiger charge is -2.20. The summed E-state index contributed by atoms with van der Waals surface area (Å²) in [5.41, 5.74) is 1.20. The summed E-state index contributed by atoms with van der Waals surface area (Å²) in [6, 6.07) is 8.65. The van der Waals surface area contributed by atoms with Crippen LogP contribution in [0.3, 0.4) is 0 Å². The van der Waals surface area contributed by atoms with Gasteiger partial charge in [0.2, 0.25) is 0 Å². The van der Waals surface area contributed by atoms with Crippen LogP contribution in [0.4, 0.5) is 0 Å². The molecule has 0 aliphatic rings. The maximum absolute atomic E-state index is 5.30. The molecule has 0 aromatic heterocycles. The molecule has 0 fully saturated rings. The second-order valence-electron chi connectivity index (χ2n) is 4.26. The van der Waals surface area contributed by atoms with Crippen LogP contribution in [-0.2, 0) is 6.54 Å². The average molecular weight is 222 g/mol. The third kappa shape index (κ3) is 3.83. The monoisotopic (exact) mass is 222 g/mol. The molecule has 3 heteroatoms. The standard InChI is InChI=1S/C13H22N2O/c1-11(15(2)3)9-14-10-12-7-5-6-8-13(12)16-4/h5-8,11,14H,9-10H2,1-4H3. The van der Waals surface area contributed by atoms with Crippen LogP contribution in [0.2, 0.25) is 0 Å². The van der Waals surface area contributed by atoms with E-state index in [-0.39, 0.29) is 0 Å². The van der Waals surface area contributed by atoms with Crippen LogP contribution in [0.15, 0.2) is 24.3 Å². The largest absolute Gasteiger partial charge is 0.496 e. The molecular formula is C13H22N2O. The third-order valence-electron chi connectivity index (χ3n) is 2.83. The van der Waals surface area contributed by atoms with Crippen LogP contribution < -0.4 is 10.1 Å². The van der Waals surface area contributed by atoms with Gasteiger partial charge >= 0.3 is 0 Å². The molecular weight excluding hydrogens is 200 g/mol. The highest BCUT2D eigenvalue weighted by Gasteiger charge is 2.05. The Kier molecular flexibility index (Phi) is 5.29. The van der Waals surface area contributed by atoms with E-state index in [9.17, 15) is 0 Å². The predicted molar refractivity (Wildman–Crippen MR) is 67.8 cm³/mol. The van der Waals surface area contributed by atoms with E-state index in [4.69, 9.17) is 4.74 Å². The number of methoxy groups -OCH3 is 1. The van der Waals surface area contributed by atoms with Crippen molar-refractivity contribution in [2.45, 2.75) is 19.5 Å². The molecule has 1 rings (SSSR count). The van der Waals surface area contributed by atoms with Gasteiger partial charge < -0.3 is 15.0 Å². The maximum Gasteiger partial charge on any atom is 0.123 e. The van der Waals surface area contributed by atoms with Gasteiger partial charge in [0.25, 0.3) is 0 Å². The van der Waals surface area contributed by atoms with E-state index in [0.717, 1.165) is 18.8 Å². The topological polar surface area (TPSA) is 24.5 Å². The molecule has 16 heavy (non-hydrogen) atoms. The van der Waals surface area contributed by atoms with Gasteiger partial charge in [-0.25, -0.2) is 0 Å². The van der Waals surface area contributed by atoms with Crippen molar-refractivity contribution in [1.82, 2.24) is 10.2 Å². The Labute approximate surface area is 98.4 Å². The zero-order valence-corrected chi connectivity index (χ0v) is 10.7. The molecule has 0 saturated heterocycles. The molecule has 1 aromatic carbocycles. The number of nitrogens with one attached hydrogen (secondary N) is 1. The molecule has 0 bridgehead atoms. The molecule has 0 amide bonds. The normalized spacial score (nSPS) is 12.8. The lowest BCUT2D eigenvalue weighted by molar-refractivity contribution is 0.302. The first-order chi connectivity index (χ1) is 7.65. The first-order valence-electron chi connectivity index (χ1n) is 5.64. The SMILES string of the molecule is COc1ccccc1CNCC(C)N(C)C. The molecule has 0 aliphatic carbocycles. The number of benzene rings is 1. The highest BCUT2D eigenvalue weighted by Crippen LogP contribution is 2.16. The van der Waals surface area contributed by atoms with E-state index in [1.54, 1.807) is 7.11 Å². The summed E-state index contributed by atoms with van der Waals surface area (Å²) in [4.78, 5) is 2.20. The van der Waals surface area contributed by atoms with Gasteiger partial charge in [0.1, 0.15) is 5.75 Å². The quantitative estimate of drug-likeness (QED) is 0.793. The summed E-state index contributed by atoms with van der Waals surface area (Å²) < 4.78 is 5.30. The second-order valence-corrected chi connectivity index (χ2v) is 4.26. The van der Waals surface area contributed by atoms with Gasteiger partial charge in [-0.05, 0) is 27.1 Å². The van der Waals surface area contributed by atoms with Crippen molar-refractivity contribution in [2.24, 2.45) is 0 Å². The number of likely N-dealkylation sites (N-methyl/N-ethyl adjacent to an activating group) is 1. The number of ether oxygens (including phenoxy) is 1. The Balaban J connectivity index is 2.42. The Hall–Kier alpha value is -1.06. The number of para-hydroxylation sites is 1. The number of nitrogens with zero attached hydrogens (tertiary/aromatic N) is 1. The van der Waals surface area contributed by atoms with E-state index in [2.05, 4.69) is 37.3 Å². The van der Waals surface area contributed by atoms with Crippen molar-refractivity contribution in [3.05, 3.63) is 29.8 Å². The van der Waals surface area contributed by atoms with Gasteiger partial charge in [0.15, 0.2) is 0 Å². The minimum atomic E-state index is 0.537. The zero-order chi connectivity index (χ0) is 12.0. The number of rotatable bonds is 6. The first kappa shape index (κ1) is 13.0. The van der Waals surface area contributed by atoms with Crippen LogP contribution in [0.25, 0.3) is 0 Å². The van der Waals surface area contributed by atoms with Crippen molar-refractivity contribution in [3.63, 3.8) is 0 Å². The van der Waals surface area contributed by atoms with E-state index >= 15 is 0 Å². The molecule has 1 unspecified atom stereocenters. The van der Waals surface area contributed by atoms with E-state index in [0.29, 0.717) is 6.04 Å². The summed E-state index contributed by atoms with van der Waals surface area (Å²) in [5.74, 6) is 0.951. The van der Waals surface area contributed by atoms with Gasteiger partial charge in [0.05, 0.1) is 7.11 Å². The number of hydrogen-bond donors (Lipinski definition) is 1. The molecule has 1 N–H and O–H groups in total. The van der Waals surface area contributed by atoms with Crippen molar-refractivity contribution in [3.8, 4) is 5.75 Å². The highest BCUT2D eigenvalue weighted by atomic mass is 16.5. The van der Waals surface area contributed by atoms with E-state index in [1.165, 1.54) is 5.56 Å². The van der Waals surface area contributed by atoms with E-state index in [1.807, 2.05) is 18.2 Å². The third-order valence-corrected chi connectivity index (χ3v) is 2.83. The Bertz CT molecular complexity index is 313. The first-order valence-corrected chi connectivity index (χ1v) is 5.64. The summed E-state index contributed by atoms with van der Waals surface area (Å²) in [6.45, 7) is 4.03. The van der Waals surface area contributed by atoms with Gasteiger partial charge in [-0.15, -0.1) is 0 Å². The maximum atomic E-state index is 5.30. The smallest absolute Gasteiger partial charge is 0.123 e. The summed E-state index contributed by atoms with van der Waals surface area (Å²) in [6.07, 6.45) is 0. The van der Waals surface area contributed by atoms with Crippen molar-refractivity contribution in [1.29, 1.82) is 0 Å². The van der Waals surface area contributed by atoms with Crippen molar-refractivity contribution in [2.75, 3.05) is 27.7 Å². The Morgan fingerprint density at radius 1 is 1.31 bits per heavy atom. The lowest BCUT2D eigenvalue weighted by atomic mass is 10.2. The highest BCUT2D eigenvalue weighted by molar-refractivity contribution is 5.32. The minimum Gasteiger partial charge on any atom is -0.496 e. The van der Waals surface area contributed by atoms with Crippen LogP contribution in [0.1, 0.15) is 12.5 Å². The molecule has 0 aliphatic heterocycles. The summed E-state index contributed by atoms with van der Waals surface area (Å²) >= 11 is 0. The fourth-order valence-electron chi connectivity index (χ4n) is 1.45. The molecule has 0 radical (unpaired) electrons. The van der Waals surface area contributed by atoms with Crippen LogP contribution >= 0.6 is 0 Å². The van der Waals surface area contributed by atoms with Crippen LogP contribution in [-0.4, -0.2) is 38.7 Å². The molecule has 0 saturated carbocycles. The second kappa shape index (κ2) is 6.51. The van der Waals surface area contributed by atoms with Crippen LogP contribution in [0, 0.1) is 0 Å². The van der Waals surface area contributed by atoms with E-state index < -0.39 is 0 Å². The molecule has 3 nitrogen and oxygen atoms in total. The molecule has 0 heterocycles. The Morgan fingerprint density at radius 3 is 2.62 bits per heavy atom. The summed E-state index contributed by atoms with van der Waals surface area (Å²) in [7, 11) is 5.90. The fraction of sp³-hybridized carbons (Fsp3) is 0.538. The van der Waals surface area contributed by atoms with Gasteiger partial charge in [-0.1, -0.05) is 18.2 Å². The minimum absolute atomic E-state index is 0.537. The molecule has 1 atom stereocenters. The molecule has 1 aromatic rings. The summed E-state index contributed by atoms with van der Waals surface area (Å²) in [5, 5.41) is 3.44. The van der Waals surface area contributed by atoms with Gasteiger partial charge in [-0.2, -0.15) is 0 Å². The fourth-order valence-corrected chi connectivity index (χ4v) is 1.45.